The Morgan fingerprint density at radius 2 is 1.58 bits per heavy atom. The number of aliphatic hydroxyl groups is 1. The largest absolute Gasteiger partial charge is 0.388 e. The lowest BCUT2D eigenvalue weighted by Crippen LogP contribution is -2.39. The van der Waals surface area contributed by atoms with Gasteiger partial charge in [-0.2, -0.15) is 4.98 Å². The van der Waals surface area contributed by atoms with E-state index < -0.39 is 5.60 Å². The van der Waals surface area contributed by atoms with Crippen molar-refractivity contribution in [3.63, 3.8) is 0 Å². The number of hydrogen-bond acceptors (Lipinski definition) is 6. The van der Waals surface area contributed by atoms with Crippen LogP contribution in [0.2, 0.25) is 0 Å². The van der Waals surface area contributed by atoms with Gasteiger partial charge in [0.2, 0.25) is 11.9 Å². The molecule has 0 spiro atoms. The molecule has 31 heavy (non-hydrogen) atoms. The highest BCUT2D eigenvalue weighted by Gasteiger charge is 2.23. The van der Waals surface area contributed by atoms with Crippen LogP contribution >= 0.6 is 0 Å². The minimum absolute atomic E-state index is 0.316. The fourth-order valence-corrected chi connectivity index (χ4v) is 2.90. The zero-order valence-electron chi connectivity index (χ0n) is 17.3. The third-order valence-corrected chi connectivity index (χ3v) is 4.99. The molecule has 2 heterocycles. The zero-order valence-corrected chi connectivity index (χ0v) is 17.3. The van der Waals surface area contributed by atoms with Crippen molar-refractivity contribution in [3.05, 3.63) is 66.4 Å². The summed E-state index contributed by atoms with van der Waals surface area (Å²) in [6.07, 6.45) is 1.57. The molecule has 0 aliphatic rings. The zero-order chi connectivity index (χ0) is 22.2. The van der Waals surface area contributed by atoms with Gasteiger partial charge in [0.15, 0.2) is 5.65 Å². The molecule has 160 valence electrons. The first-order valence-corrected chi connectivity index (χ1v) is 9.73. The highest BCUT2D eigenvalue weighted by atomic mass is 19.1. The van der Waals surface area contributed by atoms with Crippen LogP contribution in [-0.4, -0.2) is 36.3 Å². The molecule has 0 unspecified atom stereocenters. The Balaban J connectivity index is 1.81. The summed E-state index contributed by atoms with van der Waals surface area (Å²) >= 11 is 0. The highest BCUT2D eigenvalue weighted by Crippen LogP contribution is 2.27. The first-order valence-electron chi connectivity index (χ1n) is 9.73. The monoisotopic (exact) mass is 424 g/mol. The van der Waals surface area contributed by atoms with E-state index >= 15 is 0 Å². The molecule has 0 saturated carbocycles. The summed E-state index contributed by atoms with van der Waals surface area (Å²) in [4.78, 5) is 13.4. The number of anilines is 3. The van der Waals surface area contributed by atoms with Gasteiger partial charge in [0.05, 0.1) is 23.5 Å². The third-order valence-electron chi connectivity index (χ3n) is 4.99. The van der Waals surface area contributed by atoms with Crippen molar-refractivity contribution in [2.75, 3.05) is 10.6 Å². The summed E-state index contributed by atoms with van der Waals surface area (Å²) < 4.78 is 28.5. The standard InChI is InChI=1S/C22H22F2N6O/c1-13(22(2,3)31)26-20-25-12-18-19(29-20)30(17-10-6-15(24)7-11-17)21(28-18)27-16-8-4-14(23)5-9-16/h4-13,31H,1-3H3,(H,27,28)(H,25,26,29)/t13-/m0/s1. The molecule has 0 aliphatic heterocycles. The average molecular weight is 424 g/mol. The summed E-state index contributed by atoms with van der Waals surface area (Å²) in [6, 6.07) is 11.5. The fourth-order valence-electron chi connectivity index (χ4n) is 2.90. The van der Waals surface area contributed by atoms with E-state index in [0.717, 1.165) is 0 Å². The van der Waals surface area contributed by atoms with Crippen LogP contribution in [0.3, 0.4) is 0 Å². The summed E-state index contributed by atoms with van der Waals surface area (Å²) in [5.41, 5.74) is 1.27. The Morgan fingerprint density at radius 3 is 2.19 bits per heavy atom. The van der Waals surface area contributed by atoms with Gasteiger partial charge in [0, 0.05) is 5.69 Å². The van der Waals surface area contributed by atoms with E-state index in [1.54, 1.807) is 48.9 Å². The summed E-state index contributed by atoms with van der Waals surface area (Å²) in [6.45, 7) is 5.21. The smallest absolute Gasteiger partial charge is 0.225 e. The molecule has 3 N–H and O–H groups in total. The predicted molar refractivity (Wildman–Crippen MR) is 116 cm³/mol. The molecule has 2 aromatic heterocycles. The Hall–Kier alpha value is -3.59. The van der Waals surface area contributed by atoms with E-state index in [1.807, 2.05) is 6.92 Å². The van der Waals surface area contributed by atoms with Gasteiger partial charge in [-0.1, -0.05) is 0 Å². The number of fused-ring (bicyclic) bond motifs is 1. The Bertz CT molecular complexity index is 1200. The quantitative estimate of drug-likeness (QED) is 0.425. The molecule has 9 heteroatoms. The molecule has 0 aliphatic carbocycles. The molecule has 0 amide bonds. The maximum atomic E-state index is 13.5. The second kappa shape index (κ2) is 7.92. The number of imidazole rings is 1. The maximum Gasteiger partial charge on any atom is 0.225 e. The lowest BCUT2D eigenvalue weighted by atomic mass is 10.0. The van der Waals surface area contributed by atoms with Crippen molar-refractivity contribution in [3.8, 4) is 5.69 Å². The van der Waals surface area contributed by atoms with E-state index in [0.29, 0.717) is 34.4 Å². The summed E-state index contributed by atoms with van der Waals surface area (Å²) in [5.74, 6) is 0.0196. The molecule has 1 atom stereocenters. The van der Waals surface area contributed by atoms with Crippen LogP contribution in [0.25, 0.3) is 16.9 Å². The molecule has 0 fully saturated rings. The van der Waals surface area contributed by atoms with Crippen molar-refractivity contribution in [1.29, 1.82) is 0 Å². The van der Waals surface area contributed by atoms with Gasteiger partial charge in [-0.25, -0.2) is 18.7 Å². The number of benzene rings is 2. The van der Waals surface area contributed by atoms with E-state index in [-0.39, 0.29) is 17.7 Å². The molecule has 0 bridgehead atoms. The Morgan fingerprint density at radius 1 is 0.968 bits per heavy atom. The molecular weight excluding hydrogens is 402 g/mol. The minimum Gasteiger partial charge on any atom is -0.388 e. The van der Waals surface area contributed by atoms with Crippen LogP contribution < -0.4 is 10.6 Å². The van der Waals surface area contributed by atoms with Gasteiger partial charge < -0.3 is 15.7 Å². The van der Waals surface area contributed by atoms with Crippen LogP contribution in [0.1, 0.15) is 20.8 Å². The Labute approximate surface area is 177 Å². The third kappa shape index (κ3) is 4.46. The van der Waals surface area contributed by atoms with Gasteiger partial charge in [0.1, 0.15) is 17.2 Å². The first-order chi connectivity index (χ1) is 14.7. The van der Waals surface area contributed by atoms with Crippen molar-refractivity contribution in [2.24, 2.45) is 0 Å². The first kappa shape index (κ1) is 20.7. The number of halogens is 2. The molecule has 0 radical (unpaired) electrons. The lowest BCUT2D eigenvalue weighted by Gasteiger charge is -2.26. The van der Waals surface area contributed by atoms with Crippen molar-refractivity contribution >= 4 is 28.7 Å². The predicted octanol–water partition coefficient (Wildman–Crippen LogP) is 4.41. The number of aromatic nitrogens is 4. The lowest BCUT2D eigenvalue weighted by molar-refractivity contribution is 0.0646. The van der Waals surface area contributed by atoms with Gasteiger partial charge in [-0.3, -0.25) is 4.57 Å². The van der Waals surface area contributed by atoms with Gasteiger partial charge in [-0.05, 0) is 69.3 Å². The van der Waals surface area contributed by atoms with Crippen LogP contribution in [0.4, 0.5) is 26.4 Å². The second-order valence-electron chi connectivity index (χ2n) is 7.80. The topological polar surface area (TPSA) is 87.9 Å². The minimum atomic E-state index is -0.981. The van der Waals surface area contributed by atoms with E-state index in [1.165, 1.54) is 24.3 Å². The van der Waals surface area contributed by atoms with Crippen LogP contribution in [-0.2, 0) is 0 Å². The molecule has 4 aromatic rings. The van der Waals surface area contributed by atoms with E-state index in [9.17, 15) is 13.9 Å². The summed E-state index contributed by atoms with van der Waals surface area (Å²) in [5, 5.41) is 16.4. The highest BCUT2D eigenvalue weighted by molar-refractivity contribution is 5.79. The van der Waals surface area contributed by atoms with E-state index in [4.69, 9.17) is 0 Å². The summed E-state index contributed by atoms with van der Waals surface area (Å²) in [7, 11) is 0. The van der Waals surface area contributed by atoms with Crippen LogP contribution in [0.5, 0.6) is 0 Å². The van der Waals surface area contributed by atoms with Gasteiger partial charge >= 0.3 is 0 Å². The number of rotatable bonds is 6. The maximum absolute atomic E-state index is 13.5. The number of nitrogens with one attached hydrogen (secondary N) is 2. The van der Waals surface area contributed by atoms with Gasteiger partial charge in [-0.15, -0.1) is 0 Å². The fraction of sp³-hybridized carbons (Fsp3) is 0.227. The van der Waals surface area contributed by atoms with Crippen LogP contribution in [0, 0.1) is 11.6 Å². The average Bonchev–Trinajstić information content (AvgIpc) is 3.07. The van der Waals surface area contributed by atoms with Gasteiger partial charge in [0.25, 0.3) is 0 Å². The molecule has 0 saturated heterocycles. The number of hydrogen-bond donors (Lipinski definition) is 3. The van der Waals surface area contributed by atoms with Crippen molar-refractivity contribution in [1.82, 2.24) is 19.5 Å². The van der Waals surface area contributed by atoms with Crippen LogP contribution in [0.15, 0.2) is 54.7 Å². The van der Waals surface area contributed by atoms with Crippen molar-refractivity contribution < 1.29 is 13.9 Å². The second-order valence-corrected chi connectivity index (χ2v) is 7.80. The normalized spacial score (nSPS) is 12.7. The molecule has 7 nitrogen and oxygen atoms in total. The number of nitrogens with zero attached hydrogens (tertiary/aromatic N) is 4. The molecule has 4 rings (SSSR count). The Kier molecular flexibility index (Phi) is 5.28. The molecule has 2 aromatic carbocycles. The van der Waals surface area contributed by atoms with Crippen molar-refractivity contribution in [2.45, 2.75) is 32.4 Å². The molecular formula is C22H22F2N6O. The SMILES string of the molecule is C[C@H](Nc1ncc2nc(Nc3ccc(F)cc3)n(-c3ccc(F)cc3)c2n1)C(C)(C)O. The van der Waals surface area contributed by atoms with E-state index in [2.05, 4.69) is 25.6 Å².